The number of rotatable bonds is 2. The molecule has 2 aromatic heterocycles. The average molecular weight is 243 g/mol. The monoisotopic (exact) mass is 242 g/mol. The lowest BCUT2D eigenvalue weighted by atomic mass is 10.3. The minimum absolute atomic E-state index is 0.348. The normalized spacial score (nSPS) is 10.5. The molecule has 0 aliphatic carbocycles. The number of ether oxygens (including phenoxy) is 1. The fraction of sp³-hybridized carbons (Fsp3) is 0.222. The molecular formula is C9H7ClN2O2S. The van der Waals surface area contributed by atoms with Crippen molar-refractivity contribution in [2.24, 2.45) is 0 Å². The summed E-state index contributed by atoms with van der Waals surface area (Å²) in [7, 11) is 0. The number of carbonyl (C=O) groups excluding carboxylic acids is 1. The van der Waals surface area contributed by atoms with Crippen LogP contribution in [0.4, 0.5) is 0 Å². The molecule has 0 atom stereocenters. The van der Waals surface area contributed by atoms with Crippen molar-refractivity contribution in [2.75, 3.05) is 6.61 Å². The van der Waals surface area contributed by atoms with Gasteiger partial charge in [-0.15, -0.1) is 11.3 Å². The van der Waals surface area contributed by atoms with Gasteiger partial charge in [-0.25, -0.2) is 14.8 Å². The predicted octanol–water partition coefficient (Wildman–Crippen LogP) is 2.52. The highest BCUT2D eigenvalue weighted by Crippen LogP contribution is 2.24. The van der Waals surface area contributed by atoms with Crippen molar-refractivity contribution >= 4 is 39.3 Å². The molecule has 2 heterocycles. The van der Waals surface area contributed by atoms with E-state index in [9.17, 15) is 4.79 Å². The first kappa shape index (κ1) is 10.3. The van der Waals surface area contributed by atoms with Crippen LogP contribution in [0.2, 0.25) is 4.47 Å². The van der Waals surface area contributed by atoms with Gasteiger partial charge in [0.2, 0.25) is 0 Å². The first-order chi connectivity index (χ1) is 7.20. The maximum absolute atomic E-state index is 11.4. The molecule has 4 nitrogen and oxygen atoms in total. The molecule has 0 amide bonds. The van der Waals surface area contributed by atoms with Gasteiger partial charge in [0.25, 0.3) is 0 Å². The highest BCUT2D eigenvalue weighted by molar-refractivity contribution is 7.22. The van der Waals surface area contributed by atoms with Gasteiger partial charge in [0, 0.05) is 6.20 Å². The van der Waals surface area contributed by atoms with Gasteiger partial charge in [0.05, 0.1) is 16.9 Å². The Bertz CT molecular complexity index is 512. The Morgan fingerprint density at radius 1 is 1.67 bits per heavy atom. The standard InChI is InChI=1S/C9H7ClN2O2S/c1-2-14-8(13)5-3-6-7(11-4-5)12-9(10)15-6/h3-4H,2H2,1H3. The fourth-order valence-electron chi connectivity index (χ4n) is 1.12. The summed E-state index contributed by atoms with van der Waals surface area (Å²) < 4.78 is 6.05. The number of halogens is 1. The first-order valence-corrected chi connectivity index (χ1v) is 5.49. The summed E-state index contributed by atoms with van der Waals surface area (Å²) in [5, 5.41) is 0. The zero-order valence-corrected chi connectivity index (χ0v) is 9.43. The molecule has 0 aliphatic rings. The number of aromatic nitrogens is 2. The van der Waals surface area contributed by atoms with Gasteiger partial charge in [-0.1, -0.05) is 11.6 Å². The molecule has 78 valence electrons. The second-order valence-electron chi connectivity index (χ2n) is 2.73. The minimum Gasteiger partial charge on any atom is -0.462 e. The molecule has 2 rings (SSSR count). The van der Waals surface area contributed by atoms with Crippen LogP contribution < -0.4 is 0 Å². The van der Waals surface area contributed by atoms with Crippen LogP contribution in [0.3, 0.4) is 0 Å². The Kier molecular flexibility index (Phi) is 2.83. The Hall–Kier alpha value is -1.20. The third-order valence-electron chi connectivity index (χ3n) is 1.73. The maximum atomic E-state index is 11.4. The number of esters is 1. The van der Waals surface area contributed by atoms with E-state index in [1.807, 2.05) is 0 Å². The Labute approximate surface area is 94.9 Å². The molecule has 0 radical (unpaired) electrons. The zero-order chi connectivity index (χ0) is 10.8. The minimum atomic E-state index is -0.378. The van der Waals surface area contributed by atoms with Gasteiger partial charge < -0.3 is 4.74 Å². The van der Waals surface area contributed by atoms with Crippen molar-refractivity contribution < 1.29 is 9.53 Å². The molecule has 6 heteroatoms. The average Bonchev–Trinajstić information content (AvgIpc) is 2.57. The lowest BCUT2D eigenvalue weighted by Crippen LogP contribution is -2.04. The number of carbonyl (C=O) groups is 1. The van der Waals surface area contributed by atoms with E-state index in [4.69, 9.17) is 16.3 Å². The first-order valence-electron chi connectivity index (χ1n) is 4.30. The van der Waals surface area contributed by atoms with E-state index in [0.717, 1.165) is 4.70 Å². The van der Waals surface area contributed by atoms with Gasteiger partial charge in [0.1, 0.15) is 0 Å². The smallest absolute Gasteiger partial charge is 0.339 e. The van der Waals surface area contributed by atoms with Crippen molar-refractivity contribution in [3.8, 4) is 0 Å². The summed E-state index contributed by atoms with van der Waals surface area (Å²) in [6.45, 7) is 2.10. The third kappa shape index (κ3) is 2.08. The van der Waals surface area contributed by atoms with Crippen LogP contribution in [0.1, 0.15) is 17.3 Å². The quantitative estimate of drug-likeness (QED) is 0.760. The summed E-state index contributed by atoms with van der Waals surface area (Å²) in [4.78, 5) is 19.4. The third-order valence-corrected chi connectivity index (χ3v) is 2.83. The summed E-state index contributed by atoms with van der Waals surface area (Å²) in [6, 6.07) is 1.68. The topological polar surface area (TPSA) is 52.1 Å². The highest BCUT2D eigenvalue weighted by atomic mass is 35.5. The molecule has 0 bridgehead atoms. The number of hydrogen-bond acceptors (Lipinski definition) is 5. The number of thiazole rings is 1. The van der Waals surface area contributed by atoms with Crippen LogP contribution in [0.5, 0.6) is 0 Å². The largest absolute Gasteiger partial charge is 0.462 e. The number of fused-ring (bicyclic) bond motifs is 1. The second kappa shape index (κ2) is 4.12. The van der Waals surface area contributed by atoms with Crippen LogP contribution in [0.25, 0.3) is 10.3 Å². The molecule has 15 heavy (non-hydrogen) atoms. The van der Waals surface area contributed by atoms with Crippen LogP contribution in [-0.2, 0) is 4.74 Å². The van der Waals surface area contributed by atoms with E-state index < -0.39 is 0 Å². The van der Waals surface area contributed by atoms with Crippen molar-refractivity contribution in [1.29, 1.82) is 0 Å². The van der Waals surface area contributed by atoms with E-state index >= 15 is 0 Å². The van der Waals surface area contributed by atoms with Crippen LogP contribution in [-0.4, -0.2) is 22.5 Å². The molecule has 0 aromatic carbocycles. The van der Waals surface area contributed by atoms with Gasteiger partial charge in [-0.05, 0) is 13.0 Å². The molecule has 0 saturated carbocycles. The van der Waals surface area contributed by atoms with Crippen LogP contribution >= 0.6 is 22.9 Å². The van der Waals surface area contributed by atoms with E-state index in [1.165, 1.54) is 17.5 Å². The number of pyridine rings is 1. The lowest BCUT2D eigenvalue weighted by Gasteiger charge is -1.99. The van der Waals surface area contributed by atoms with Crippen LogP contribution in [0, 0.1) is 0 Å². The second-order valence-corrected chi connectivity index (χ2v) is 4.35. The lowest BCUT2D eigenvalue weighted by molar-refractivity contribution is 0.0526. The van der Waals surface area contributed by atoms with E-state index in [0.29, 0.717) is 22.3 Å². The van der Waals surface area contributed by atoms with E-state index in [-0.39, 0.29) is 5.97 Å². The summed E-state index contributed by atoms with van der Waals surface area (Å²) in [5.74, 6) is -0.378. The SMILES string of the molecule is CCOC(=O)c1cnc2nc(Cl)sc2c1. The van der Waals surface area contributed by atoms with Crippen molar-refractivity contribution in [1.82, 2.24) is 9.97 Å². The van der Waals surface area contributed by atoms with Gasteiger partial charge in [0.15, 0.2) is 10.1 Å². The fourth-order valence-corrected chi connectivity index (χ4v) is 2.14. The summed E-state index contributed by atoms with van der Waals surface area (Å²) in [6.07, 6.45) is 1.44. The van der Waals surface area contributed by atoms with Gasteiger partial charge in [-0.2, -0.15) is 0 Å². The van der Waals surface area contributed by atoms with E-state index in [2.05, 4.69) is 9.97 Å². The molecule has 0 N–H and O–H groups in total. The molecule has 0 unspecified atom stereocenters. The molecule has 0 saturated heterocycles. The summed E-state index contributed by atoms with van der Waals surface area (Å²) in [5.41, 5.74) is 0.975. The predicted molar refractivity (Wildman–Crippen MR) is 58.4 cm³/mol. The van der Waals surface area contributed by atoms with Crippen LogP contribution in [0.15, 0.2) is 12.3 Å². The molecule has 0 spiro atoms. The van der Waals surface area contributed by atoms with Crippen molar-refractivity contribution in [2.45, 2.75) is 6.92 Å². The molecule has 0 fully saturated rings. The van der Waals surface area contributed by atoms with E-state index in [1.54, 1.807) is 13.0 Å². The molecular weight excluding hydrogens is 236 g/mol. The number of hydrogen-bond donors (Lipinski definition) is 0. The van der Waals surface area contributed by atoms with Crippen molar-refractivity contribution in [3.63, 3.8) is 0 Å². The maximum Gasteiger partial charge on any atom is 0.339 e. The van der Waals surface area contributed by atoms with Gasteiger partial charge >= 0.3 is 5.97 Å². The summed E-state index contributed by atoms with van der Waals surface area (Å²) >= 11 is 7.01. The highest BCUT2D eigenvalue weighted by Gasteiger charge is 2.10. The van der Waals surface area contributed by atoms with Gasteiger partial charge in [-0.3, -0.25) is 0 Å². The Morgan fingerprint density at radius 3 is 3.20 bits per heavy atom. The Morgan fingerprint density at radius 2 is 2.47 bits per heavy atom. The molecule has 2 aromatic rings. The number of nitrogens with zero attached hydrogens (tertiary/aromatic N) is 2. The van der Waals surface area contributed by atoms with Crippen molar-refractivity contribution in [3.05, 3.63) is 22.3 Å². The molecule has 0 aliphatic heterocycles. The Balaban J connectivity index is 2.41. The zero-order valence-electron chi connectivity index (χ0n) is 7.86.